The van der Waals surface area contributed by atoms with Gasteiger partial charge in [0.25, 0.3) is 0 Å². The van der Waals surface area contributed by atoms with Crippen LogP contribution in [0, 0.1) is 11.8 Å². The van der Waals surface area contributed by atoms with Crippen molar-refractivity contribution in [2.75, 3.05) is 12.5 Å². The first kappa shape index (κ1) is 12.5. The molecule has 2 rings (SSSR count). The van der Waals surface area contributed by atoms with Gasteiger partial charge in [0.1, 0.15) is 0 Å². The third-order valence-electron chi connectivity index (χ3n) is 2.24. The van der Waals surface area contributed by atoms with E-state index in [0.29, 0.717) is 28.4 Å². The number of carbonyl (C=O) groups excluding carboxylic acids is 2. The number of thioether (sulfide) groups is 1. The van der Waals surface area contributed by atoms with Crippen molar-refractivity contribution in [2.45, 2.75) is 6.92 Å². The van der Waals surface area contributed by atoms with E-state index in [4.69, 9.17) is 9.47 Å². The van der Waals surface area contributed by atoms with E-state index in [2.05, 4.69) is 11.8 Å². The Morgan fingerprint density at radius 1 is 1.44 bits per heavy atom. The van der Waals surface area contributed by atoms with Crippen molar-refractivity contribution in [1.82, 2.24) is 0 Å². The molecule has 1 aromatic carbocycles. The topological polar surface area (TPSA) is 52.6 Å². The lowest BCUT2D eigenvalue weighted by Gasteiger charge is -2.00. The number of aldehydes is 1. The van der Waals surface area contributed by atoms with E-state index in [-0.39, 0.29) is 11.9 Å². The number of rotatable bonds is 2. The Bertz CT molecular complexity index is 554. The molecule has 0 saturated carbocycles. The summed E-state index contributed by atoms with van der Waals surface area (Å²) in [7, 11) is 0. The molecular weight excluding hydrogens is 252 g/mol. The molecule has 0 unspecified atom stereocenters. The molecule has 1 aliphatic rings. The minimum Gasteiger partial charge on any atom is -0.454 e. The van der Waals surface area contributed by atoms with Gasteiger partial charge in [0.05, 0.1) is 5.75 Å². The van der Waals surface area contributed by atoms with Crippen LogP contribution in [0.3, 0.4) is 0 Å². The van der Waals surface area contributed by atoms with Crippen molar-refractivity contribution in [3.63, 3.8) is 0 Å². The summed E-state index contributed by atoms with van der Waals surface area (Å²) in [6.07, 6.45) is 0.726. The second kappa shape index (κ2) is 5.61. The molecule has 0 radical (unpaired) electrons. The van der Waals surface area contributed by atoms with Crippen molar-refractivity contribution >= 4 is 23.2 Å². The summed E-state index contributed by atoms with van der Waals surface area (Å²) in [4.78, 5) is 21.7. The Morgan fingerprint density at radius 3 is 2.83 bits per heavy atom. The molecule has 0 N–H and O–H groups in total. The first-order chi connectivity index (χ1) is 8.70. The van der Waals surface area contributed by atoms with Gasteiger partial charge in [-0.2, -0.15) is 0 Å². The second-order valence-corrected chi connectivity index (χ2v) is 4.64. The van der Waals surface area contributed by atoms with Crippen molar-refractivity contribution in [1.29, 1.82) is 0 Å². The number of benzene rings is 1. The molecule has 0 fully saturated rings. The highest BCUT2D eigenvalue weighted by Gasteiger charge is 2.16. The number of ether oxygens (including phenoxy) is 2. The van der Waals surface area contributed by atoms with E-state index < -0.39 is 0 Å². The highest BCUT2D eigenvalue weighted by Crippen LogP contribution is 2.34. The van der Waals surface area contributed by atoms with Crippen LogP contribution < -0.4 is 9.47 Å². The maximum Gasteiger partial charge on any atom is 0.231 e. The number of carbonyl (C=O) groups is 2. The Labute approximate surface area is 109 Å². The van der Waals surface area contributed by atoms with Crippen LogP contribution in [0.15, 0.2) is 12.1 Å². The Kier molecular flexibility index (Phi) is 3.90. The lowest BCUT2D eigenvalue weighted by Crippen LogP contribution is -1.92. The molecule has 5 heteroatoms. The fourth-order valence-corrected chi connectivity index (χ4v) is 1.78. The van der Waals surface area contributed by atoms with Crippen LogP contribution in [-0.4, -0.2) is 23.9 Å². The average Bonchev–Trinajstić information content (AvgIpc) is 2.80. The Hall–Kier alpha value is -1.93. The summed E-state index contributed by atoms with van der Waals surface area (Å²) in [5, 5.41) is 0.0191. The van der Waals surface area contributed by atoms with Crippen LogP contribution in [0.5, 0.6) is 11.5 Å². The Balaban J connectivity index is 2.21. The fourth-order valence-electron chi connectivity index (χ4n) is 1.43. The normalized spacial score (nSPS) is 11.6. The van der Waals surface area contributed by atoms with Crippen LogP contribution >= 0.6 is 11.8 Å². The van der Waals surface area contributed by atoms with E-state index in [1.165, 1.54) is 6.92 Å². The van der Waals surface area contributed by atoms with Gasteiger partial charge in [-0.05, 0) is 6.07 Å². The number of fused-ring (bicyclic) bond motifs is 1. The third-order valence-corrected chi connectivity index (χ3v) is 2.94. The maximum atomic E-state index is 10.9. The first-order valence-electron chi connectivity index (χ1n) is 5.22. The zero-order chi connectivity index (χ0) is 13.0. The quantitative estimate of drug-likeness (QED) is 0.601. The number of hydrogen-bond acceptors (Lipinski definition) is 5. The van der Waals surface area contributed by atoms with Gasteiger partial charge in [0.2, 0.25) is 6.79 Å². The zero-order valence-corrected chi connectivity index (χ0v) is 10.5. The van der Waals surface area contributed by atoms with Crippen molar-refractivity contribution in [2.24, 2.45) is 0 Å². The van der Waals surface area contributed by atoms with E-state index in [0.717, 1.165) is 18.0 Å². The summed E-state index contributed by atoms with van der Waals surface area (Å²) in [6.45, 7) is 1.65. The summed E-state index contributed by atoms with van der Waals surface area (Å²) in [5.41, 5.74) is 1.04. The third kappa shape index (κ3) is 2.84. The first-order valence-corrected chi connectivity index (χ1v) is 6.20. The molecule has 0 aliphatic carbocycles. The largest absolute Gasteiger partial charge is 0.454 e. The molecule has 1 heterocycles. The predicted octanol–water partition coefficient (Wildman–Crippen LogP) is 1.86. The minimum absolute atomic E-state index is 0.0191. The molecular formula is C13H10O4S. The lowest BCUT2D eigenvalue weighted by atomic mass is 10.1. The predicted molar refractivity (Wildman–Crippen MR) is 68.0 cm³/mol. The van der Waals surface area contributed by atoms with Gasteiger partial charge in [-0.1, -0.05) is 23.6 Å². The van der Waals surface area contributed by atoms with Gasteiger partial charge in [-0.25, -0.2) is 0 Å². The van der Waals surface area contributed by atoms with Gasteiger partial charge < -0.3 is 9.47 Å². The van der Waals surface area contributed by atoms with Crippen LogP contribution in [-0.2, 0) is 4.79 Å². The monoisotopic (exact) mass is 262 g/mol. The van der Waals surface area contributed by atoms with E-state index in [1.54, 1.807) is 12.1 Å². The second-order valence-electron chi connectivity index (χ2n) is 3.49. The van der Waals surface area contributed by atoms with E-state index >= 15 is 0 Å². The van der Waals surface area contributed by atoms with Gasteiger partial charge in [-0.3, -0.25) is 9.59 Å². The number of hydrogen-bond donors (Lipinski definition) is 0. The van der Waals surface area contributed by atoms with Crippen LogP contribution in [0.25, 0.3) is 0 Å². The Morgan fingerprint density at radius 2 is 2.17 bits per heavy atom. The molecule has 1 aromatic rings. The molecule has 0 atom stereocenters. The van der Waals surface area contributed by atoms with Crippen molar-refractivity contribution in [3.8, 4) is 23.3 Å². The van der Waals surface area contributed by atoms with Gasteiger partial charge in [0.15, 0.2) is 22.9 Å². The molecule has 0 spiro atoms. The highest BCUT2D eigenvalue weighted by molar-refractivity contribution is 8.13. The summed E-state index contributed by atoms with van der Waals surface area (Å²) in [6, 6.07) is 3.29. The van der Waals surface area contributed by atoms with Gasteiger partial charge in [-0.15, -0.1) is 0 Å². The minimum atomic E-state index is 0.0191. The van der Waals surface area contributed by atoms with Crippen LogP contribution in [0.4, 0.5) is 0 Å². The van der Waals surface area contributed by atoms with Crippen molar-refractivity contribution in [3.05, 3.63) is 23.3 Å². The molecule has 0 bridgehead atoms. The van der Waals surface area contributed by atoms with Gasteiger partial charge >= 0.3 is 0 Å². The molecule has 0 amide bonds. The zero-order valence-electron chi connectivity index (χ0n) is 9.69. The molecule has 1 aliphatic heterocycles. The van der Waals surface area contributed by atoms with Crippen molar-refractivity contribution < 1.29 is 19.1 Å². The molecule has 0 aromatic heterocycles. The molecule has 0 saturated heterocycles. The maximum absolute atomic E-state index is 10.9. The smallest absolute Gasteiger partial charge is 0.231 e. The molecule has 18 heavy (non-hydrogen) atoms. The summed E-state index contributed by atoms with van der Waals surface area (Å²) in [5.74, 6) is 7.24. The summed E-state index contributed by atoms with van der Waals surface area (Å²) < 4.78 is 10.4. The lowest BCUT2D eigenvalue weighted by molar-refractivity contribution is -0.109. The SMILES string of the molecule is CC(=O)SCC#Cc1cc2c(cc1C=O)OCO2. The fraction of sp³-hybridized carbons (Fsp3) is 0.231. The van der Waals surface area contributed by atoms with Crippen LogP contribution in [0.2, 0.25) is 0 Å². The standard InChI is InChI=1S/C13H10O4S/c1-9(15)18-4-2-3-10-5-12-13(17-8-16-12)6-11(10)7-14/h5-7H,4,8H2,1H3. The van der Waals surface area contributed by atoms with Crippen LogP contribution in [0.1, 0.15) is 22.8 Å². The molecule has 92 valence electrons. The average molecular weight is 262 g/mol. The summed E-state index contributed by atoms with van der Waals surface area (Å²) >= 11 is 1.13. The van der Waals surface area contributed by atoms with E-state index in [1.807, 2.05) is 0 Å². The highest BCUT2D eigenvalue weighted by atomic mass is 32.2. The van der Waals surface area contributed by atoms with Gasteiger partial charge in [0, 0.05) is 24.1 Å². The molecule has 4 nitrogen and oxygen atoms in total. The van der Waals surface area contributed by atoms with E-state index in [9.17, 15) is 9.59 Å².